The van der Waals surface area contributed by atoms with Gasteiger partial charge in [0.25, 0.3) is 0 Å². The average Bonchev–Trinajstić information content (AvgIpc) is 2.42. The van der Waals surface area contributed by atoms with Gasteiger partial charge in [-0.3, -0.25) is 0 Å². The van der Waals surface area contributed by atoms with Gasteiger partial charge in [-0.1, -0.05) is 6.92 Å². The molecule has 118 valence electrons. The first-order valence-electron chi connectivity index (χ1n) is 7.35. The van der Waals surface area contributed by atoms with E-state index in [-0.39, 0.29) is 11.7 Å². The standard InChI is InChI=1S/C15H22F3N3/c1-2-7-21-8-5-12(6-9-21)20-14-4-3-11(10-13(14)19)15(16,17)18/h3-4,10,12,20H,2,5-9,19H2,1H3. The van der Waals surface area contributed by atoms with Crippen molar-refractivity contribution in [3.63, 3.8) is 0 Å². The summed E-state index contributed by atoms with van der Waals surface area (Å²) in [6, 6.07) is 3.77. The molecule has 6 heteroatoms. The zero-order valence-corrected chi connectivity index (χ0v) is 12.2. The molecule has 1 aromatic rings. The number of hydrogen-bond donors (Lipinski definition) is 2. The summed E-state index contributed by atoms with van der Waals surface area (Å²) in [4.78, 5) is 2.41. The molecule has 0 unspecified atom stereocenters. The number of nitrogens with two attached hydrogens (primary N) is 1. The topological polar surface area (TPSA) is 41.3 Å². The molecule has 0 radical (unpaired) electrons. The number of anilines is 2. The number of nitrogens with one attached hydrogen (secondary N) is 1. The van der Waals surface area contributed by atoms with Crippen LogP contribution >= 0.6 is 0 Å². The van der Waals surface area contributed by atoms with Gasteiger partial charge < -0.3 is 16.0 Å². The van der Waals surface area contributed by atoms with Gasteiger partial charge in [0, 0.05) is 19.1 Å². The molecule has 1 aliphatic heterocycles. The Kier molecular flexibility index (Phi) is 4.98. The Morgan fingerprint density at radius 3 is 2.48 bits per heavy atom. The first-order chi connectivity index (χ1) is 9.90. The predicted octanol–water partition coefficient (Wildman–Crippen LogP) is 3.57. The summed E-state index contributed by atoms with van der Waals surface area (Å²) in [6.07, 6.45) is -1.23. The number of hydrogen-bond acceptors (Lipinski definition) is 3. The van der Waals surface area contributed by atoms with E-state index in [4.69, 9.17) is 5.73 Å². The number of rotatable bonds is 4. The minimum absolute atomic E-state index is 0.154. The Morgan fingerprint density at radius 1 is 1.29 bits per heavy atom. The first-order valence-corrected chi connectivity index (χ1v) is 7.35. The second-order valence-electron chi connectivity index (χ2n) is 5.56. The lowest BCUT2D eigenvalue weighted by atomic mass is 10.0. The van der Waals surface area contributed by atoms with Crippen LogP contribution in [-0.4, -0.2) is 30.6 Å². The second-order valence-corrected chi connectivity index (χ2v) is 5.56. The van der Waals surface area contributed by atoms with E-state index < -0.39 is 11.7 Å². The molecule has 0 bridgehead atoms. The maximum Gasteiger partial charge on any atom is 0.416 e. The fraction of sp³-hybridized carbons (Fsp3) is 0.600. The summed E-state index contributed by atoms with van der Waals surface area (Å²) in [7, 11) is 0. The van der Waals surface area contributed by atoms with Gasteiger partial charge in [-0.2, -0.15) is 13.2 Å². The summed E-state index contributed by atoms with van der Waals surface area (Å²) < 4.78 is 37.8. The molecule has 0 aliphatic carbocycles. The van der Waals surface area contributed by atoms with E-state index in [1.807, 2.05) is 0 Å². The van der Waals surface area contributed by atoms with Gasteiger partial charge in [-0.25, -0.2) is 0 Å². The van der Waals surface area contributed by atoms with Gasteiger partial charge in [0.05, 0.1) is 16.9 Å². The van der Waals surface area contributed by atoms with Crippen LogP contribution in [0.3, 0.4) is 0 Å². The van der Waals surface area contributed by atoms with Crippen molar-refractivity contribution in [2.75, 3.05) is 30.7 Å². The summed E-state index contributed by atoms with van der Waals surface area (Å²) in [5.74, 6) is 0. The Hall–Kier alpha value is -1.43. The van der Waals surface area contributed by atoms with Gasteiger partial charge in [0.2, 0.25) is 0 Å². The number of likely N-dealkylation sites (tertiary alicyclic amines) is 1. The molecule has 1 fully saturated rings. The maximum absolute atomic E-state index is 12.6. The Labute approximate surface area is 123 Å². The third kappa shape index (κ3) is 4.27. The lowest BCUT2D eigenvalue weighted by molar-refractivity contribution is -0.137. The van der Waals surface area contributed by atoms with Crippen LogP contribution in [0.2, 0.25) is 0 Å². The van der Waals surface area contributed by atoms with E-state index in [9.17, 15) is 13.2 Å². The summed E-state index contributed by atoms with van der Waals surface area (Å²) in [5.41, 5.74) is 5.78. The maximum atomic E-state index is 12.6. The number of piperidine rings is 1. The number of nitrogens with zero attached hydrogens (tertiary/aromatic N) is 1. The van der Waals surface area contributed by atoms with Crippen molar-refractivity contribution < 1.29 is 13.2 Å². The largest absolute Gasteiger partial charge is 0.416 e. The van der Waals surface area contributed by atoms with Crippen molar-refractivity contribution in [2.45, 2.75) is 38.4 Å². The highest BCUT2D eigenvalue weighted by Gasteiger charge is 2.31. The van der Waals surface area contributed by atoms with Crippen LogP contribution in [0.1, 0.15) is 31.7 Å². The Bertz CT molecular complexity index is 466. The molecule has 1 heterocycles. The van der Waals surface area contributed by atoms with Crippen LogP contribution in [0.25, 0.3) is 0 Å². The molecule has 0 saturated carbocycles. The highest BCUT2D eigenvalue weighted by atomic mass is 19.4. The average molecular weight is 301 g/mol. The molecule has 3 nitrogen and oxygen atoms in total. The zero-order chi connectivity index (χ0) is 15.5. The fourth-order valence-corrected chi connectivity index (χ4v) is 2.71. The first kappa shape index (κ1) is 15.9. The van der Waals surface area contributed by atoms with Crippen LogP contribution in [0.4, 0.5) is 24.5 Å². The fourth-order valence-electron chi connectivity index (χ4n) is 2.71. The summed E-state index contributed by atoms with van der Waals surface area (Å²) in [5, 5.41) is 3.27. The number of nitrogen functional groups attached to an aromatic ring is 1. The van der Waals surface area contributed by atoms with Crippen LogP contribution in [0.5, 0.6) is 0 Å². The molecular weight excluding hydrogens is 279 g/mol. The van der Waals surface area contributed by atoms with E-state index >= 15 is 0 Å². The monoisotopic (exact) mass is 301 g/mol. The van der Waals surface area contributed by atoms with Gasteiger partial charge >= 0.3 is 6.18 Å². The second kappa shape index (κ2) is 6.56. The molecule has 0 aromatic heterocycles. The van der Waals surface area contributed by atoms with E-state index in [2.05, 4.69) is 17.1 Å². The quantitative estimate of drug-likeness (QED) is 0.835. The number of halogens is 3. The molecule has 1 saturated heterocycles. The van der Waals surface area contributed by atoms with Crippen molar-refractivity contribution in [3.05, 3.63) is 23.8 Å². The Balaban J connectivity index is 1.95. The molecule has 3 N–H and O–H groups in total. The van der Waals surface area contributed by atoms with Crippen molar-refractivity contribution in [2.24, 2.45) is 0 Å². The van der Waals surface area contributed by atoms with Crippen molar-refractivity contribution in [3.8, 4) is 0 Å². The predicted molar refractivity (Wildman–Crippen MR) is 79.2 cm³/mol. The van der Waals surface area contributed by atoms with Gasteiger partial charge in [-0.05, 0) is 44.0 Å². The third-order valence-corrected chi connectivity index (χ3v) is 3.87. The Morgan fingerprint density at radius 2 is 1.95 bits per heavy atom. The van der Waals surface area contributed by atoms with E-state index in [0.717, 1.165) is 51.0 Å². The molecule has 2 rings (SSSR count). The molecule has 0 amide bonds. The van der Waals surface area contributed by atoms with Gasteiger partial charge in [0.1, 0.15) is 0 Å². The molecule has 1 aliphatic rings. The zero-order valence-electron chi connectivity index (χ0n) is 12.2. The summed E-state index contributed by atoms with van der Waals surface area (Å²) >= 11 is 0. The van der Waals surface area contributed by atoms with Gasteiger partial charge in [0.15, 0.2) is 0 Å². The van der Waals surface area contributed by atoms with Crippen molar-refractivity contribution >= 4 is 11.4 Å². The van der Waals surface area contributed by atoms with Crippen LogP contribution < -0.4 is 11.1 Å². The highest BCUT2D eigenvalue weighted by molar-refractivity contribution is 5.67. The molecule has 0 spiro atoms. The molecule has 1 aromatic carbocycles. The highest BCUT2D eigenvalue weighted by Crippen LogP contribution is 2.33. The number of alkyl halides is 3. The lowest BCUT2D eigenvalue weighted by Gasteiger charge is -2.32. The van der Waals surface area contributed by atoms with Crippen molar-refractivity contribution in [1.82, 2.24) is 4.90 Å². The molecule has 0 atom stereocenters. The smallest absolute Gasteiger partial charge is 0.397 e. The van der Waals surface area contributed by atoms with Gasteiger partial charge in [-0.15, -0.1) is 0 Å². The van der Waals surface area contributed by atoms with Crippen LogP contribution in [0, 0.1) is 0 Å². The molecule has 21 heavy (non-hydrogen) atoms. The SMILES string of the molecule is CCCN1CCC(Nc2ccc(C(F)(F)F)cc2N)CC1. The van der Waals surface area contributed by atoms with E-state index in [0.29, 0.717) is 5.69 Å². The number of benzene rings is 1. The lowest BCUT2D eigenvalue weighted by Crippen LogP contribution is -2.39. The minimum Gasteiger partial charge on any atom is -0.397 e. The summed E-state index contributed by atoms with van der Waals surface area (Å²) in [6.45, 7) is 5.31. The third-order valence-electron chi connectivity index (χ3n) is 3.87. The normalized spacial score (nSPS) is 17.9. The van der Waals surface area contributed by atoms with Crippen LogP contribution in [0.15, 0.2) is 18.2 Å². The van der Waals surface area contributed by atoms with E-state index in [1.54, 1.807) is 0 Å². The van der Waals surface area contributed by atoms with E-state index in [1.165, 1.54) is 6.07 Å². The minimum atomic E-state index is -4.35. The molecular formula is C15H22F3N3. The van der Waals surface area contributed by atoms with Crippen LogP contribution in [-0.2, 0) is 6.18 Å². The van der Waals surface area contributed by atoms with Crippen molar-refractivity contribution in [1.29, 1.82) is 0 Å².